The molecule has 1 saturated carbocycles. The van der Waals surface area contributed by atoms with Crippen molar-refractivity contribution in [3.8, 4) is 0 Å². The van der Waals surface area contributed by atoms with E-state index in [1.807, 2.05) is 0 Å². The highest BCUT2D eigenvalue weighted by atomic mass is 16.3. The lowest BCUT2D eigenvalue weighted by molar-refractivity contribution is -0.0339. The average molecular weight is 253 g/mol. The number of hydrogen-bond acceptors (Lipinski definition) is 2. The van der Waals surface area contributed by atoms with Crippen molar-refractivity contribution in [2.75, 3.05) is 0 Å². The maximum absolute atomic E-state index is 10.5. The van der Waals surface area contributed by atoms with Crippen molar-refractivity contribution in [3.63, 3.8) is 0 Å². The van der Waals surface area contributed by atoms with E-state index in [0.29, 0.717) is 5.92 Å². The second-order valence-electron chi connectivity index (χ2n) is 7.85. The largest absolute Gasteiger partial charge is 0.393 e. The van der Waals surface area contributed by atoms with Crippen LogP contribution in [0.1, 0.15) is 72.6 Å². The van der Waals surface area contributed by atoms with Crippen LogP contribution in [0.4, 0.5) is 0 Å². The third kappa shape index (κ3) is 3.27. The van der Waals surface area contributed by atoms with Crippen LogP contribution in [0.5, 0.6) is 0 Å². The number of hydrogen-bond donors (Lipinski definition) is 2. The van der Waals surface area contributed by atoms with Crippen LogP contribution in [-0.4, -0.2) is 22.3 Å². The van der Waals surface area contributed by atoms with Gasteiger partial charge in [-0.15, -0.1) is 0 Å². The van der Waals surface area contributed by atoms with Gasteiger partial charge in [0.25, 0.3) is 0 Å². The van der Waals surface area contributed by atoms with Crippen molar-refractivity contribution in [2.45, 2.75) is 89.8 Å². The van der Waals surface area contributed by atoms with E-state index in [-0.39, 0.29) is 17.2 Å². The van der Waals surface area contributed by atoms with E-state index >= 15 is 0 Å². The molecule has 2 atom stereocenters. The Morgan fingerprint density at radius 3 is 2.22 bits per heavy atom. The monoisotopic (exact) mass is 253 g/mol. The molecule has 0 aromatic rings. The first-order valence-corrected chi connectivity index (χ1v) is 7.78. The smallest absolute Gasteiger partial charge is 0.0603 e. The van der Waals surface area contributed by atoms with Gasteiger partial charge >= 0.3 is 0 Å². The highest BCUT2D eigenvalue weighted by Crippen LogP contribution is 2.40. The Labute approximate surface area is 113 Å². The van der Waals surface area contributed by atoms with Crippen molar-refractivity contribution >= 4 is 0 Å². The summed E-state index contributed by atoms with van der Waals surface area (Å²) in [5.74, 6) is 1.26. The molecule has 1 heterocycles. The zero-order valence-electron chi connectivity index (χ0n) is 12.6. The minimum absolute atomic E-state index is 0.0542. The molecule has 2 heteroatoms. The minimum Gasteiger partial charge on any atom is -0.393 e. The Morgan fingerprint density at radius 2 is 1.67 bits per heavy atom. The van der Waals surface area contributed by atoms with Crippen molar-refractivity contribution in [1.82, 2.24) is 5.32 Å². The van der Waals surface area contributed by atoms with Crippen LogP contribution in [0.2, 0.25) is 0 Å². The maximum atomic E-state index is 10.5. The lowest BCUT2D eigenvalue weighted by Gasteiger charge is -2.51. The predicted molar refractivity (Wildman–Crippen MR) is 76.6 cm³/mol. The molecule has 0 aromatic carbocycles. The second-order valence-corrected chi connectivity index (χ2v) is 7.85. The van der Waals surface area contributed by atoms with Crippen LogP contribution in [-0.2, 0) is 0 Å². The Balaban J connectivity index is 2.01. The molecule has 2 nitrogen and oxygen atoms in total. The van der Waals surface area contributed by atoms with Gasteiger partial charge in [-0.3, -0.25) is 0 Å². The summed E-state index contributed by atoms with van der Waals surface area (Å²) in [4.78, 5) is 0. The summed E-state index contributed by atoms with van der Waals surface area (Å²) in [5.41, 5.74) is 0.116. The van der Waals surface area contributed by atoms with Gasteiger partial charge in [0.2, 0.25) is 0 Å². The molecular formula is C16H31NO. The average Bonchev–Trinajstić information content (AvgIpc) is 2.23. The van der Waals surface area contributed by atoms with Crippen molar-refractivity contribution < 1.29 is 5.11 Å². The lowest BCUT2D eigenvalue weighted by atomic mass is 9.68. The van der Waals surface area contributed by atoms with E-state index in [1.165, 1.54) is 38.5 Å². The van der Waals surface area contributed by atoms with Crippen LogP contribution >= 0.6 is 0 Å². The van der Waals surface area contributed by atoms with Crippen LogP contribution < -0.4 is 5.32 Å². The summed E-state index contributed by atoms with van der Waals surface area (Å²) in [6.07, 6.45) is 8.91. The summed E-state index contributed by atoms with van der Waals surface area (Å²) in [5, 5.41) is 14.3. The van der Waals surface area contributed by atoms with Gasteiger partial charge in [0, 0.05) is 17.0 Å². The zero-order chi connectivity index (χ0) is 13.4. The van der Waals surface area contributed by atoms with Crippen molar-refractivity contribution in [1.29, 1.82) is 0 Å². The van der Waals surface area contributed by atoms with Crippen LogP contribution in [0.15, 0.2) is 0 Å². The van der Waals surface area contributed by atoms with E-state index in [0.717, 1.165) is 12.3 Å². The minimum atomic E-state index is -0.141. The molecule has 106 valence electrons. The second kappa shape index (κ2) is 5.13. The Morgan fingerprint density at radius 1 is 1.06 bits per heavy atom. The normalized spacial score (nSPS) is 36.5. The molecule has 18 heavy (non-hydrogen) atoms. The fourth-order valence-corrected chi connectivity index (χ4v) is 4.40. The van der Waals surface area contributed by atoms with Gasteiger partial charge in [-0.25, -0.2) is 0 Å². The maximum Gasteiger partial charge on any atom is 0.0603 e. The zero-order valence-corrected chi connectivity index (χ0v) is 12.6. The number of piperidine rings is 1. The van der Waals surface area contributed by atoms with Gasteiger partial charge in [0.15, 0.2) is 0 Å². The van der Waals surface area contributed by atoms with E-state index in [9.17, 15) is 5.11 Å². The number of aliphatic hydroxyl groups is 1. The standard InChI is InChI=1S/C16H31NO/c1-15(2)11-14(18)13(16(3,4)17-15)10-12-8-6-5-7-9-12/h12-14,17-18H,5-11H2,1-4H3. The first-order chi connectivity index (χ1) is 8.30. The van der Waals surface area contributed by atoms with Gasteiger partial charge in [0.1, 0.15) is 0 Å². The van der Waals surface area contributed by atoms with Crippen molar-refractivity contribution in [3.05, 3.63) is 0 Å². The Kier molecular flexibility index (Phi) is 4.08. The van der Waals surface area contributed by atoms with Gasteiger partial charge < -0.3 is 10.4 Å². The summed E-state index contributed by atoms with van der Waals surface area (Å²) >= 11 is 0. The first-order valence-electron chi connectivity index (χ1n) is 7.78. The number of aliphatic hydroxyl groups excluding tert-OH is 1. The topological polar surface area (TPSA) is 32.3 Å². The van der Waals surface area contributed by atoms with Gasteiger partial charge in [-0.05, 0) is 46.5 Å². The summed E-state index contributed by atoms with van der Waals surface area (Å²) in [7, 11) is 0. The van der Waals surface area contributed by atoms with Gasteiger partial charge in [-0.2, -0.15) is 0 Å². The summed E-state index contributed by atoms with van der Waals surface area (Å²) in [6, 6.07) is 0. The molecule has 0 bridgehead atoms. The molecule has 1 aliphatic heterocycles. The number of nitrogens with one attached hydrogen (secondary N) is 1. The highest BCUT2D eigenvalue weighted by Gasteiger charge is 2.45. The van der Waals surface area contributed by atoms with Crippen LogP contribution in [0.25, 0.3) is 0 Å². The van der Waals surface area contributed by atoms with E-state index in [4.69, 9.17) is 0 Å². The molecule has 2 N–H and O–H groups in total. The first kappa shape index (κ1) is 14.3. The van der Waals surface area contributed by atoms with E-state index in [1.54, 1.807) is 0 Å². The highest BCUT2D eigenvalue weighted by molar-refractivity contribution is 5.03. The van der Waals surface area contributed by atoms with Crippen LogP contribution in [0, 0.1) is 11.8 Å². The molecule has 1 saturated heterocycles. The quantitative estimate of drug-likeness (QED) is 0.789. The fraction of sp³-hybridized carbons (Fsp3) is 1.00. The SMILES string of the molecule is CC1(C)CC(O)C(CC2CCCCC2)C(C)(C)N1. The summed E-state index contributed by atoms with van der Waals surface area (Å²) in [6.45, 7) is 8.94. The lowest BCUT2D eigenvalue weighted by Crippen LogP contribution is -2.64. The molecule has 0 aromatic heterocycles. The number of rotatable bonds is 2. The third-order valence-corrected chi connectivity index (χ3v) is 5.08. The third-order valence-electron chi connectivity index (χ3n) is 5.08. The molecule has 2 fully saturated rings. The van der Waals surface area contributed by atoms with E-state index in [2.05, 4.69) is 33.0 Å². The Hall–Kier alpha value is -0.0800. The molecule has 1 aliphatic carbocycles. The fourth-order valence-electron chi connectivity index (χ4n) is 4.40. The molecular weight excluding hydrogens is 222 g/mol. The molecule has 0 amide bonds. The molecule has 2 unspecified atom stereocenters. The van der Waals surface area contributed by atoms with Gasteiger partial charge in [0.05, 0.1) is 6.10 Å². The van der Waals surface area contributed by atoms with E-state index < -0.39 is 0 Å². The molecule has 0 radical (unpaired) electrons. The Bertz CT molecular complexity index is 279. The predicted octanol–water partition coefficient (Wildman–Crippen LogP) is 3.48. The molecule has 0 spiro atoms. The van der Waals surface area contributed by atoms with Gasteiger partial charge in [-0.1, -0.05) is 32.1 Å². The van der Waals surface area contributed by atoms with Crippen LogP contribution in [0.3, 0.4) is 0 Å². The van der Waals surface area contributed by atoms with Crippen molar-refractivity contribution in [2.24, 2.45) is 11.8 Å². The summed E-state index contributed by atoms with van der Waals surface area (Å²) < 4.78 is 0. The molecule has 2 aliphatic rings. The molecule has 2 rings (SSSR count).